The third kappa shape index (κ3) is 2.84. The zero-order valence-electron chi connectivity index (χ0n) is 9.59. The molecule has 1 aromatic carbocycles. The molecule has 1 aliphatic rings. The minimum absolute atomic E-state index is 0.563. The Morgan fingerprint density at radius 2 is 2.31 bits per heavy atom. The molecular formula is C13H18BrNO. The van der Waals surface area contributed by atoms with E-state index in [0.717, 1.165) is 30.3 Å². The van der Waals surface area contributed by atoms with Gasteiger partial charge in [-0.25, -0.2) is 0 Å². The summed E-state index contributed by atoms with van der Waals surface area (Å²) in [5.41, 5.74) is 1.87. The van der Waals surface area contributed by atoms with Crippen LogP contribution in [0.3, 0.4) is 0 Å². The van der Waals surface area contributed by atoms with Gasteiger partial charge >= 0.3 is 0 Å². The fourth-order valence-corrected chi connectivity index (χ4v) is 2.66. The second-order valence-electron chi connectivity index (χ2n) is 4.76. The van der Waals surface area contributed by atoms with Gasteiger partial charge in [0.25, 0.3) is 0 Å². The number of halogens is 1. The van der Waals surface area contributed by atoms with Crippen LogP contribution in [-0.2, 0) is 6.42 Å². The Bertz CT molecular complexity index is 372. The van der Waals surface area contributed by atoms with Crippen molar-refractivity contribution in [3.8, 4) is 0 Å². The SMILES string of the molecule is Cc1ccc(CC2(O)CCCNC2)cc1Br. The summed E-state index contributed by atoms with van der Waals surface area (Å²) in [6, 6.07) is 6.31. The molecule has 0 aliphatic carbocycles. The molecule has 0 bridgehead atoms. The molecule has 0 aromatic heterocycles. The first-order chi connectivity index (χ1) is 7.59. The molecule has 0 saturated carbocycles. The molecule has 1 heterocycles. The Balaban J connectivity index is 2.10. The van der Waals surface area contributed by atoms with Crippen LogP contribution in [0.4, 0.5) is 0 Å². The van der Waals surface area contributed by atoms with Crippen LogP contribution in [0.1, 0.15) is 24.0 Å². The van der Waals surface area contributed by atoms with Crippen LogP contribution in [0, 0.1) is 6.92 Å². The summed E-state index contributed by atoms with van der Waals surface area (Å²) >= 11 is 3.53. The van der Waals surface area contributed by atoms with Crippen LogP contribution in [0.25, 0.3) is 0 Å². The van der Waals surface area contributed by atoms with Crippen LogP contribution in [0.5, 0.6) is 0 Å². The van der Waals surface area contributed by atoms with Crippen LogP contribution in [0.15, 0.2) is 22.7 Å². The molecular weight excluding hydrogens is 266 g/mol. The first kappa shape index (κ1) is 12.1. The number of piperidine rings is 1. The largest absolute Gasteiger partial charge is 0.388 e. The van der Waals surface area contributed by atoms with E-state index in [-0.39, 0.29) is 0 Å². The Hall–Kier alpha value is -0.380. The van der Waals surface area contributed by atoms with Gasteiger partial charge in [-0.2, -0.15) is 0 Å². The lowest BCUT2D eigenvalue weighted by Gasteiger charge is -2.32. The van der Waals surface area contributed by atoms with Crippen LogP contribution < -0.4 is 5.32 Å². The maximum Gasteiger partial charge on any atom is 0.0812 e. The lowest BCUT2D eigenvalue weighted by Crippen LogP contribution is -2.47. The third-order valence-corrected chi connectivity index (χ3v) is 4.07. The predicted molar refractivity (Wildman–Crippen MR) is 69.6 cm³/mol. The van der Waals surface area contributed by atoms with E-state index in [0.29, 0.717) is 6.54 Å². The highest BCUT2D eigenvalue weighted by atomic mass is 79.9. The fraction of sp³-hybridized carbons (Fsp3) is 0.538. The third-order valence-electron chi connectivity index (χ3n) is 3.22. The summed E-state index contributed by atoms with van der Waals surface area (Å²) in [5.74, 6) is 0. The lowest BCUT2D eigenvalue weighted by molar-refractivity contribution is 0.0169. The molecule has 16 heavy (non-hydrogen) atoms. The van der Waals surface area contributed by atoms with Crippen molar-refractivity contribution in [2.75, 3.05) is 13.1 Å². The van der Waals surface area contributed by atoms with Gasteiger partial charge in [0.1, 0.15) is 0 Å². The number of aryl methyl sites for hydroxylation is 1. The van der Waals surface area contributed by atoms with E-state index in [1.165, 1.54) is 11.1 Å². The quantitative estimate of drug-likeness (QED) is 0.874. The number of aliphatic hydroxyl groups is 1. The average molecular weight is 284 g/mol. The van der Waals surface area contributed by atoms with Crippen molar-refractivity contribution >= 4 is 15.9 Å². The molecule has 88 valence electrons. The summed E-state index contributed by atoms with van der Waals surface area (Å²) < 4.78 is 1.12. The molecule has 0 radical (unpaired) electrons. The molecule has 1 atom stereocenters. The monoisotopic (exact) mass is 283 g/mol. The lowest BCUT2D eigenvalue weighted by atomic mass is 9.87. The smallest absolute Gasteiger partial charge is 0.0812 e. The summed E-state index contributed by atoms with van der Waals surface area (Å²) in [4.78, 5) is 0. The molecule has 1 fully saturated rings. The summed E-state index contributed by atoms with van der Waals surface area (Å²) in [6.45, 7) is 3.81. The van der Waals surface area contributed by atoms with Crippen LogP contribution in [-0.4, -0.2) is 23.8 Å². The molecule has 0 spiro atoms. The maximum atomic E-state index is 10.4. The minimum atomic E-state index is -0.563. The topological polar surface area (TPSA) is 32.3 Å². The first-order valence-corrected chi connectivity index (χ1v) is 6.56. The Morgan fingerprint density at radius 3 is 2.94 bits per heavy atom. The molecule has 0 amide bonds. The van der Waals surface area contributed by atoms with E-state index in [4.69, 9.17) is 0 Å². The number of rotatable bonds is 2. The van der Waals surface area contributed by atoms with E-state index in [2.05, 4.69) is 46.4 Å². The molecule has 2 rings (SSSR count). The predicted octanol–water partition coefficient (Wildman–Crippen LogP) is 2.41. The second-order valence-corrected chi connectivity index (χ2v) is 5.62. The highest BCUT2D eigenvalue weighted by molar-refractivity contribution is 9.10. The molecule has 1 aliphatic heterocycles. The second kappa shape index (κ2) is 4.86. The van der Waals surface area contributed by atoms with Crippen molar-refractivity contribution in [3.63, 3.8) is 0 Å². The highest BCUT2D eigenvalue weighted by Gasteiger charge is 2.29. The van der Waals surface area contributed by atoms with Crippen molar-refractivity contribution in [1.29, 1.82) is 0 Å². The van der Waals surface area contributed by atoms with Gasteiger partial charge in [0.15, 0.2) is 0 Å². The normalized spacial score (nSPS) is 25.7. The van der Waals surface area contributed by atoms with Crippen molar-refractivity contribution < 1.29 is 5.11 Å². The summed E-state index contributed by atoms with van der Waals surface area (Å²) in [6.07, 6.45) is 2.69. The van der Waals surface area contributed by atoms with Crippen molar-refractivity contribution in [2.24, 2.45) is 0 Å². The van der Waals surface area contributed by atoms with E-state index in [9.17, 15) is 5.11 Å². The van der Waals surface area contributed by atoms with Gasteiger partial charge in [0, 0.05) is 17.4 Å². The van der Waals surface area contributed by atoms with Gasteiger partial charge in [0.2, 0.25) is 0 Å². The van der Waals surface area contributed by atoms with E-state index < -0.39 is 5.60 Å². The molecule has 3 heteroatoms. The average Bonchev–Trinajstić information content (AvgIpc) is 2.24. The van der Waals surface area contributed by atoms with Gasteiger partial charge < -0.3 is 10.4 Å². The Morgan fingerprint density at radius 1 is 1.50 bits per heavy atom. The number of nitrogens with one attached hydrogen (secondary N) is 1. The molecule has 1 unspecified atom stereocenters. The fourth-order valence-electron chi connectivity index (χ4n) is 2.23. The first-order valence-electron chi connectivity index (χ1n) is 5.77. The number of benzene rings is 1. The van der Waals surface area contributed by atoms with Crippen LogP contribution >= 0.6 is 15.9 Å². The van der Waals surface area contributed by atoms with Gasteiger partial charge in [0.05, 0.1) is 5.60 Å². The van der Waals surface area contributed by atoms with Gasteiger partial charge in [-0.15, -0.1) is 0 Å². The molecule has 1 saturated heterocycles. The van der Waals surface area contributed by atoms with E-state index in [1.54, 1.807) is 0 Å². The van der Waals surface area contributed by atoms with E-state index in [1.807, 2.05) is 0 Å². The molecule has 1 aromatic rings. The Labute approximate surface area is 105 Å². The molecule has 2 N–H and O–H groups in total. The number of hydrogen-bond acceptors (Lipinski definition) is 2. The van der Waals surface area contributed by atoms with Gasteiger partial charge in [-0.3, -0.25) is 0 Å². The zero-order chi connectivity index (χ0) is 11.6. The van der Waals surface area contributed by atoms with Gasteiger partial charge in [-0.1, -0.05) is 28.1 Å². The summed E-state index contributed by atoms with van der Waals surface area (Å²) in [5, 5.41) is 13.7. The number of β-amino-alcohol motifs (C(OH)–C–C–N with tert-alkyl or cyclic N) is 1. The minimum Gasteiger partial charge on any atom is -0.388 e. The standard InChI is InChI=1S/C13H18BrNO/c1-10-3-4-11(7-12(10)14)8-13(16)5-2-6-15-9-13/h3-4,7,15-16H,2,5-6,8-9H2,1H3. The molecule has 2 nitrogen and oxygen atoms in total. The maximum absolute atomic E-state index is 10.4. The van der Waals surface area contributed by atoms with Gasteiger partial charge in [-0.05, 0) is 43.5 Å². The van der Waals surface area contributed by atoms with Crippen LogP contribution in [0.2, 0.25) is 0 Å². The number of hydrogen-bond donors (Lipinski definition) is 2. The van der Waals surface area contributed by atoms with Crippen molar-refractivity contribution in [2.45, 2.75) is 31.8 Å². The highest BCUT2D eigenvalue weighted by Crippen LogP contribution is 2.24. The van der Waals surface area contributed by atoms with E-state index >= 15 is 0 Å². The Kier molecular flexibility index (Phi) is 3.67. The zero-order valence-corrected chi connectivity index (χ0v) is 11.2. The van der Waals surface area contributed by atoms with Crippen molar-refractivity contribution in [3.05, 3.63) is 33.8 Å². The van der Waals surface area contributed by atoms with Crippen molar-refractivity contribution in [1.82, 2.24) is 5.32 Å². The summed E-state index contributed by atoms with van der Waals surface area (Å²) in [7, 11) is 0.